The smallest absolute Gasteiger partial charge is 0.0870 e. The number of halogens is 1. The van der Waals surface area contributed by atoms with Gasteiger partial charge in [0.15, 0.2) is 0 Å². The van der Waals surface area contributed by atoms with Crippen molar-refractivity contribution in [3.8, 4) is 0 Å². The Morgan fingerprint density at radius 3 is 3.15 bits per heavy atom. The molecule has 2 nitrogen and oxygen atoms in total. The maximum Gasteiger partial charge on any atom is 0.0870 e. The van der Waals surface area contributed by atoms with Crippen molar-refractivity contribution in [2.75, 3.05) is 0 Å². The van der Waals surface area contributed by atoms with Gasteiger partial charge in [-0.3, -0.25) is 0 Å². The highest BCUT2D eigenvalue weighted by Gasteiger charge is 2.06. The largest absolute Gasteiger partial charge is 0.185 e. The Bertz CT molecular complexity index is 581. The highest BCUT2D eigenvalue weighted by molar-refractivity contribution is 7.15. The summed E-state index contributed by atoms with van der Waals surface area (Å²) in [6.45, 7) is 0. The minimum absolute atomic E-state index is 0.799. The molecule has 0 saturated heterocycles. The Morgan fingerprint density at radius 2 is 2.23 bits per heavy atom. The Kier molecular flexibility index (Phi) is 1.39. The Hall–Kier alpha value is -1.06. The van der Waals surface area contributed by atoms with Crippen LogP contribution in [0.25, 0.3) is 15.6 Å². The molecule has 0 spiro atoms. The fourth-order valence-electron chi connectivity index (χ4n) is 1.45. The van der Waals surface area contributed by atoms with E-state index in [9.17, 15) is 0 Å². The van der Waals surface area contributed by atoms with E-state index in [0.717, 1.165) is 15.2 Å². The van der Waals surface area contributed by atoms with Crippen molar-refractivity contribution >= 4 is 38.7 Å². The Morgan fingerprint density at radius 1 is 1.31 bits per heavy atom. The third-order valence-electron chi connectivity index (χ3n) is 2.03. The van der Waals surface area contributed by atoms with E-state index in [1.54, 1.807) is 17.7 Å². The van der Waals surface area contributed by atoms with E-state index >= 15 is 0 Å². The second-order valence-corrected chi connectivity index (χ2v) is 4.14. The highest BCUT2D eigenvalue weighted by atomic mass is 35.5. The molecule has 1 aromatic carbocycles. The van der Waals surface area contributed by atoms with Crippen LogP contribution in [0.5, 0.6) is 0 Å². The minimum Gasteiger partial charge on any atom is -0.185 e. The molecule has 0 atom stereocenters. The lowest BCUT2D eigenvalue weighted by atomic mass is 10.2. The van der Waals surface area contributed by atoms with Crippen molar-refractivity contribution in [2.45, 2.75) is 0 Å². The summed E-state index contributed by atoms with van der Waals surface area (Å²) in [5, 5.41) is 6.15. The molecule has 64 valence electrons. The third-order valence-corrected chi connectivity index (χ3v) is 3.54. The molecular weight excluding hydrogens is 204 g/mol. The van der Waals surface area contributed by atoms with Gasteiger partial charge in [-0.2, -0.15) is 9.00 Å². The molecule has 0 aliphatic carbocycles. The van der Waals surface area contributed by atoms with E-state index in [1.165, 1.54) is 5.39 Å². The van der Waals surface area contributed by atoms with Crippen LogP contribution in [-0.2, 0) is 0 Å². The molecule has 0 aliphatic rings. The molecule has 0 fully saturated rings. The van der Waals surface area contributed by atoms with Gasteiger partial charge in [0.1, 0.15) is 0 Å². The summed E-state index contributed by atoms with van der Waals surface area (Å²) in [5.74, 6) is 0. The maximum atomic E-state index is 6.05. The summed E-state index contributed by atoms with van der Waals surface area (Å²) in [7, 11) is 0. The summed E-state index contributed by atoms with van der Waals surface area (Å²) >= 11 is 7.62. The van der Waals surface area contributed by atoms with E-state index < -0.39 is 0 Å². The third kappa shape index (κ3) is 0.913. The first kappa shape index (κ1) is 7.35. The average Bonchev–Trinajstić information content (AvgIpc) is 2.65. The van der Waals surface area contributed by atoms with Crippen molar-refractivity contribution in [1.82, 2.24) is 9.00 Å². The zero-order valence-electron chi connectivity index (χ0n) is 6.57. The van der Waals surface area contributed by atoms with Crippen LogP contribution >= 0.6 is 23.1 Å². The van der Waals surface area contributed by atoms with Crippen LogP contribution in [0.4, 0.5) is 0 Å². The van der Waals surface area contributed by atoms with Gasteiger partial charge in [0, 0.05) is 5.39 Å². The predicted octanol–water partition coefficient (Wildman–Crippen LogP) is 3.20. The van der Waals surface area contributed by atoms with Gasteiger partial charge in [0.25, 0.3) is 0 Å². The molecule has 0 amide bonds. The molecule has 2 aromatic heterocycles. The quantitative estimate of drug-likeness (QED) is 0.555. The summed E-state index contributed by atoms with van der Waals surface area (Å²) in [4.78, 5) is 0. The van der Waals surface area contributed by atoms with Crippen LogP contribution in [0.2, 0.25) is 5.02 Å². The van der Waals surface area contributed by atoms with Crippen molar-refractivity contribution in [3.05, 3.63) is 35.5 Å². The monoisotopic (exact) mass is 208 g/mol. The molecule has 0 bridgehead atoms. The predicted molar refractivity (Wildman–Crippen MR) is 55.6 cm³/mol. The Labute approximate surface area is 83.5 Å². The minimum atomic E-state index is 0.799. The zero-order chi connectivity index (χ0) is 8.84. The molecule has 0 saturated carbocycles. The van der Waals surface area contributed by atoms with E-state index in [0.29, 0.717) is 0 Å². The molecule has 0 aliphatic heterocycles. The van der Waals surface area contributed by atoms with Crippen LogP contribution in [0.3, 0.4) is 0 Å². The van der Waals surface area contributed by atoms with Gasteiger partial charge >= 0.3 is 0 Å². The normalized spacial score (nSPS) is 11.5. The second-order valence-electron chi connectivity index (χ2n) is 2.80. The van der Waals surface area contributed by atoms with Gasteiger partial charge in [0.05, 0.1) is 21.4 Å². The lowest BCUT2D eigenvalue weighted by Gasteiger charge is -1.89. The first-order valence-corrected chi connectivity index (χ1v) is 5.02. The van der Waals surface area contributed by atoms with Gasteiger partial charge in [-0.25, -0.2) is 0 Å². The summed E-state index contributed by atoms with van der Waals surface area (Å²) in [6, 6.07) is 7.92. The van der Waals surface area contributed by atoms with Gasteiger partial charge in [-0.15, -0.1) is 0 Å². The van der Waals surface area contributed by atoms with Gasteiger partial charge in [0.2, 0.25) is 0 Å². The zero-order valence-corrected chi connectivity index (χ0v) is 8.14. The fourth-order valence-corrected chi connectivity index (χ4v) is 2.68. The van der Waals surface area contributed by atoms with Crippen LogP contribution in [-0.4, -0.2) is 9.00 Å². The van der Waals surface area contributed by atoms with Crippen LogP contribution in [0.1, 0.15) is 0 Å². The molecule has 3 rings (SSSR count). The molecule has 3 aromatic rings. The summed E-state index contributed by atoms with van der Waals surface area (Å²) in [6.07, 6.45) is 1.80. The van der Waals surface area contributed by atoms with Crippen molar-refractivity contribution in [2.24, 2.45) is 0 Å². The standard InChI is InChI=1S/C9H5ClN2S/c10-7-3-1-2-6-8-4-5-11-12(8)13-9(6)7/h1-5H. The number of fused-ring (bicyclic) bond motifs is 3. The van der Waals surface area contributed by atoms with E-state index in [4.69, 9.17) is 11.6 Å². The van der Waals surface area contributed by atoms with Gasteiger partial charge in [-0.1, -0.05) is 23.7 Å². The van der Waals surface area contributed by atoms with Crippen LogP contribution in [0.15, 0.2) is 30.5 Å². The number of hydrogen-bond donors (Lipinski definition) is 0. The fraction of sp³-hybridized carbons (Fsp3) is 0. The summed E-state index contributed by atoms with van der Waals surface area (Å²) in [5.41, 5.74) is 1.13. The average molecular weight is 209 g/mol. The lowest BCUT2D eigenvalue weighted by molar-refractivity contribution is 1.07. The van der Waals surface area contributed by atoms with Crippen LogP contribution < -0.4 is 0 Å². The molecule has 2 heterocycles. The maximum absolute atomic E-state index is 6.05. The SMILES string of the molecule is Clc1cccc2c1sn1nccc21. The number of rotatable bonds is 0. The summed E-state index contributed by atoms with van der Waals surface area (Å²) < 4.78 is 2.99. The highest BCUT2D eigenvalue weighted by Crippen LogP contribution is 2.31. The number of nitrogens with zero attached hydrogens (tertiary/aromatic N) is 2. The molecule has 0 N–H and O–H groups in total. The molecule has 4 heteroatoms. The van der Waals surface area contributed by atoms with Crippen LogP contribution in [0, 0.1) is 0 Å². The van der Waals surface area contributed by atoms with Crippen molar-refractivity contribution in [1.29, 1.82) is 0 Å². The number of benzene rings is 1. The first-order chi connectivity index (χ1) is 6.36. The lowest BCUT2D eigenvalue weighted by Crippen LogP contribution is -1.71. The van der Waals surface area contributed by atoms with Crippen molar-refractivity contribution in [3.63, 3.8) is 0 Å². The molecule has 0 radical (unpaired) electrons. The number of hydrogen-bond acceptors (Lipinski definition) is 2. The molecular formula is C9H5ClN2S. The van der Waals surface area contributed by atoms with Gasteiger partial charge in [-0.05, 0) is 23.7 Å². The molecule has 0 unspecified atom stereocenters. The topological polar surface area (TPSA) is 17.3 Å². The second kappa shape index (κ2) is 2.47. The van der Waals surface area contributed by atoms with Gasteiger partial charge < -0.3 is 0 Å². The van der Waals surface area contributed by atoms with E-state index in [-0.39, 0.29) is 0 Å². The number of aromatic nitrogens is 2. The first-order valence-electron chi connectivity index (χ1n) is 3.87. The molecule has 13 heavy (non-hydrogen) atoms. The van der Waals surface area contributed by atoms with Crippen molar-refractivity contribution < 1.29 is 0 Å². The Balaban J connectivity index is 2.66. The van der Waals surface area contributed by atoms with E-state index in [2.05, 4.69) is 11.2 Å². The van der Waals surface area contributed by atoms with E-state index in [1.807, 2.05) is 22.1 Å².